The molecule has 0 saturated heterocycles. The number of hydrogen-bond acceptors (Lipinski definition) is 6. The summed E-state index contributed by atoms with van der Waals surface area (Å²) in [5, 5.41) is 2.42. The van der Waals surface area contributed by atoms with Crippen LogP contribution in [-0.4, -0.2) is 29.5 Å². The van der Waals surface area contributed by atoms with Crippen molar-refractivity contribution in [2.75, 3.05) is 5.32 Å². The molecular formula is C21H13ClF3N7O. The summed E-state index contributed by atoms with van der Waals surface area (Å²) in [4.78, 5) is 33.1. The quantitative estimate of drug-likeness (QED) is 0.405. The SMILES string of the molecule is C[C@@H](Nc1ncnc2[nH]cnc12)c1nc2ccc(F)c(Cl)c2c(=O)n1-c1ccc(F)cc1F. The van der Waals surface area contributed by atoms with Gasteiger partial charge in [-0.2, -0.15) is 0 Å². The van der Waals surface area contributed by atoms with Crippen LogP contribution in [0.4, 0.5) is 19.0 Å². The second kappa shape index (κ2) is 7.85. The van der Waals surface area contributed by atoms with Gasteiger partial charge in [0.25, 0.3) is 5.56 Å². The molecule has 166 valence electrons. The van der Waals surface area contributed by atoms with Crippen molar-refractivity contribution in [2.45, 2.75) is 13.0 Å². The van der Waals surface area contributed by atoms with Crippen LogP contribution in [0.1, 0.15) is 18.8 Å². The predicted molar refractivity (Wildman–Crippen MR) is 116 cm³/mol. The molecular weight excluding hydrogens is 459 g/mol. The Morgan fingerprint density at radius 2 is 1.91 bits per heavy atom. The number of H-pyrrole nitrogens is 1. The Morgan fingerprint density at radius 3 is 2.70 bits per heavy atom. The lowest BCUT2D eigenvalue weighted by atomic mass is 10.2. The summed E-state index contributed by atoms with van der Waals surface area (Å²) in [5.74, 6) is -2.25. The summed E-state index contributed by atoms with van der Waals surface area (Å²) in [6.07, 6.45) is 2.77. The normalized spacial score (nSPS) is 12.4. The fourth-order valence-electron chi connectivity index (χ4n) is 3.55. The number of imidazole rings is 1. The highest BCUT2D eigenvalue weighted by molar-refractivity contribution is 6.35. The molecule has 3 aromatic heterocycles. The highest BCUT2D eigenvalue weighted by Crippen LogP contribution is 2.28. The van der Waals surface area contributed by atoms with E-state index in [1.807, 2.05) is 0 Å². The molecule has 0 radical (unpaired) electrons. The molecule has 0 aliphatic rings. The number of rotatable bonds is 4. The summed E-state index contributed by atoms with van der Waals surface area (Å²) in [7, 11) is 0. The molecule has 3 heterocycles. The number of aromatic amines is 1. The van der Waals surface area contributed by atoms with Crippen LogP contribution in [0.5, 0.6) is 0 Å². The zero-order chi connectivity index (χ0) is 23.3. The van der Waals surface area contributed by atoms with Gasteiger partial charge in [0.05, 0.1) is 34.0 Å². The summed E-state index contributed by atoms with van der Waals surface area (Å²) in [5.41, 5.74) is -0.0485. The molecule has 0 saturated carbocycles. The van der Waals surface area contributed by atoms with Crippen LogP contribution in [0.3, 0.4) is 0 Å². The highest BCUT2D eigenvalue weighted by atomic mass is 35.5. The minimum Gasteiger partial charge on any atom is -0.358 e. The molecule has 33 heavy (non-hydrogen) atoms. The molecule has 0 aliphatic carbocycles. The van der Waals surface area contributed by atoms with Gasteiger partial charge in [-0.1, -0.05) is 11.6 Å². The standard InChI is InChI=1S/C21H13ClF3N7O/c1-9(30-19-17-18(27-7-26-17)28-8-29-19)20-31-13-4-3-11(24)16(22)15(13)21(33)32(20)14-5-2-10(23)6-12(14)25/h2-9H,1H3,(H2,26,27,28,29,30)/t9-/m1/s1. The molecule has 0 bridgehead atoms. The third-order valence-corrected chi connectivity index (χ3v) is 5.43. The third kappa shape index (κ3) is 3.46. The summed E-state index contributed by atoms with van der Waals surface area (Å²) in [6, 6.07) is 4.39. The number of halogens is 4. The Hall–Kier alpha value is -3.99. The van der Waals surface area contributed by atoms with Crippen LogP contribution in [0.25, 0.3) is 27.8 Å². The van der Waals surface area contributed by atoms with Crippen molar-refractivity contribution in [3.63, 3.8) is 0 Å². The van der Waals surface area contributed by atoms with E-state index in [-0.39, 0.29) is 22.4 Å². The van der Waals surface area contributed by atoms with E-state index >= 15 is 0 Å². The van der Waals surface area contributed by atoms with Crippen molar-refractivity contribution < 1.29 is 13.2 Å². The van der Waals surface area contributed by atoms with Gasteiger partial charge in [-0.25, -0.2) is 33.1 Å². The van der Waals surface area contributed by atoms with E-state index in [0.717, 1.165) is 22.8 Å². The first-order valence-electron chi connectivity index (χ1n) is 9.62. The fraction of sp³-hybridized carbons (Fsp3) is 0.0952. The lowest BCUT2D eigenvalue weighted by Gasteiger charge is -2.20. The van der Waals surface area contributed by atoms with Crippen molar-refractivity contribution in [2.24, 2.45) is 0 Å². The van der Waals surface area contributed by atoms with E-state index in [0.29, 0.717) is 23.0 Å². The minimum absolute atomic E-state index is 0.0583. The minimum atomic E-state index is -1.00. The van der Waals surface area contributed by atoms with Gasteiger partial charge in [-0.15, -0.1) is 0 Å². The second-order valence-electron chi connectivity index (χ2n) is 7.15. The van der Waals surface area contributed by atoms with Gasteiger partial charge in [0.2, 0.25) is 0 Å². The van der Waals surface area contributed by atoms with Gasteiger partial charge < -0.3 is 10.3 Å². The topological polar surface area (TPSA) is 101 Å². The van der Waals surface area contributed by atoms with Crippen LogP contribution in [0.2, 0.25) is 5.02 Å². The maximum absolute atomic E-state index is 14.7. The summed E-state index contributed by atoms with van der Waals surface area (Å²) >= 11 is 6.04. The van der Waals surface area contributed by atoms with Crippen LogP contribution in [-0.2, 0) is 0 Å². The lowest BCUT2D eigenvalue weighted by molar-refractivity contribution is 0.572. The van der Waals surface area contributed by atoms with E-state index in [4.69, 9.17) is 11.6 Å². The molecule has 0 fully saturated rings. The molecule has 8 nitrogen and oxygen atoms in total. The van der Waals surface area contributed by atoms with Crippen LogP contribution in [0, 0.1) is 17.5 Å². The van der Waals surface area contributed by atoms with Crippen molar-refractivity contribution >= 4 is 39.5 Å². The first-order valence-corrected chi connectivity index (χ1v) is 9.99. The average molecular weight is 472 g/mol. The number of anilines is 1. The molecule has 0 aliphatic heterocycles. The number of benzene rings is 2. The molecule has 0 unspecified atom stereocenters. The average Bonchev–Trinajstić information content (AvgIpc) is 3.27. The lowest BCUT2D eigenvalue weighted by Crippen LogP contribution is -2.28. The Kier molecular flexibility index (Phi) is 4.97. The number of aromatic nitrogens is 6. The zero-order valence-corrected chi connectivity index (χ0v) is 17.5. The van der Waals surface area contributed by atoms with E-state index < -0.39 is 34.1 Å². The maximum Gasteiger partial charge on any atom is 0.267 e. The predicted octanol–water partition coefficient (Wildman–Crippen LogP) is 4.30. The maximum atomic E-state index is 14.7. The van der Waals surface area contributed by atoms with Crippen LogP contribution in [0.15, 0.2) is 47.8 Å². The van der Waals surface area contributed by atoms with Crippen molar-refractivity contribution in [1.82, 2.24) is 29.5 Å². The monoisotopic (exact) mass is 471 g/mol. The molecule has 5 rings (SSSR count). The Bertz CT molecular complexity index is 1600. The molecule has 5 aromatic rings. The van der Waals surface area contributed by atoms with E-state index in [9.17, 15) is 18.0 Å². The second-order valence-corrected chi connectivity index (χ2v) is 7.53. The smallest absolute Gasteiger partial charge is 0.267 e. The van der Waals surface area contributed by atoms with E-state index in [2.05, 4.69) is 30.2 Å². The molecule has 2 aromatic carbocycles. The molecule has 0 amide bonds. The molecule has 2 N–H and O–H groups in total. The number of fused-ring (bicyclic) bond motifs is 2. The van der Waals surface area contributed by atoms with Crippen LogP contribution < -0.4 is 10.9 Å². The van der Waals surface area contributed by atoms with Gasteiger partial charge in [0, 0.05) is 6.07 Å². The van der Waals surface area contributed by atoms with Gasteiger partial charge in [0.1, 0.15) is 35.1 Å². The molecule has 0 spiro atoms. The van der Waals surface area contributed by atoms with Gasteiger partial charge >= 0.3 is 0 Å². The Labute approximate surface area is 188 Å². The first kappa shape index (κ1) is 20.9. The van der Waals surface area contributed by atoms with E-state index in [1.54, 1.807) is 6.92 Å². The van der Waals surface area contributed by atoms with Gasteiger partial charge in [-0.3, -0.25) is 9.36 Å². The number of hydrogen-bond donors (Lipinski definition) is 2. The number of nitrogens with zero attached hydrogens (tertiary/aromatic N) is 5. The molecule has 12 heteroatoms. The Balaban J connectivity index is 1.76. The van der Waals surface area contributed by atoms with Crippen LogP contribution >= 0.6 is 11.6 Å². The van der Waals surface area contributed by atoms with Crippen molar-refractivity contribution in [3.8, 4) is 5.69 Å². The van der Waals surface area contributed by atoms with Gasteiger partial charge in [-0.05, 0) is 31.2 Å². The van der Waals surface area contributed by atoms with Gasteiger partial charge in [0.15, 0.2) is 11.5 Å². The van der Waals surface area contributed by atoms with E-state index in [1.165, 1.54) is 18.7 Å². The third-order valence-electron chi connectivity index (χ3n) is 5.06. The summed E-state index contributed by atoms with van der Waals surface area (Å²) < 4.78 is 43.3. The molecule has 1 atom stereocenters. The Morgan fingerprint density at radius 1 is 1.09 bits per heavy atom. The highest BCUT2D eigenvalue weighted by Gasteiger charge is 2.23. The zero-order valence-electron chi connectivity index (χ0n) is 16.8. The largest absolute Gasteiger partial charge is 0.358 e. The fourth-order valence-corrected chi connectivity index (χ4v) is 3.79. The van der Waals surface area contributed by atoms with Crippen molar-refractivity contribution in [1.29, 1.82) is 0 Å². The van der Waals surface area contributed by atoms with Crippen molar-refractivity contribution in [3.05, 3.63) is 81.6 Å². The summed E-state index contributed by atoms with van der Waals surface area (Å²) in [6.45, 7) is 1.66. The number of nitrogens with one attached hydrogen (secondary N) is 2. The first-order chi connectivity index (χ1) is 15.8.